The number of halogens is 1. The smallest absolute Gasteiger partial charge is 0.262 e. The van der Waals surface area contributed by atoms with Gasteiger partial charge < -0.3 is 10.1 Å². The summed E-state index contributed by atoms with van der Waals surface area (Å²) in [4.78, 5) is 11.8. The Kier molecular flexibility index (Phi) is 5.53. The molecule has 0 spiro atoms. The highest BCUT2D eigenvalue weighted by atomic mass is 19.1. The number of ether oxygens (including phenoxy) is 1. The van der Waals surface area contributed by atoms with Crippen LogP contribution in [-0.2, 0) is 4.79 Å². The highest BCUT2D eigenvalue weighted by molar-refractivity contribution is 5.91. The minimum absolute atomic E-state index is 0.0833. The molecule has 0 fully saturated rings. The number of carbonyl (C=O) groups excluding carboxylic acids is 1. The van der Waals surface area contributed by atoms with E-state index in [1.165, 1.54) is 29.8 Å². The molecule has 3 nitrogen and oxygen atoms in total. The third-order valence-electron chi connectivity index (χ3n) is 3.56. The van der Waals surface area contributed by atoms with Crippen molar-refractivity contribution in [2.24, 2.45) is 0 Å². The van der Waals surface area contributed by atoms with E-state index in [-0.39, 0.29) is 18.3 Å². The zero-order valence-electron chi connectivity index (χ0n) is 12.8. The van der Waals surface area contributed by atoms with Crippen LogP contribution in [-0.4, -0.2) is 12.5 Å². The van der Waals surface area contributed by atoms with Gasteiger partial charge in [0.2, 0.25) is 0 Å². The first kappa shape index (κ1) is 16.0. The van der Waals surface area contributed by atoms with Crippen LogP contribution in [0.2, 0.25) is 0 Å². The van der Waals surface area contributed by atoms with E-state index in [0.29, 0.717) is 17.4 Å². The second-order valence-electron chi connectivity index (χ2n) is 5.22. The molecule has 0 unspecified atom stereocenters. The van der Waals surface area contributed by atoms with Gasteiger partial charge in [0.25, 0.3) is 5.91 Å². The van der Waals surface area contributed by atoms with Gasteiger partial charge in [-0.1, -0.05) is 26.0 Å². The van der Waals surface area contributed by atoms with Crippen molar-refractivity contribution in [1.29, 1.82) is 0 Å². The lowest BCUT2D eigenvalue weighted by Crippen LogP contribution is -2.20. The zero-order chi connectivity index (χ0) is 15.9. The molecule has 0 aliphatic rings. The van der Waals surface area contributed by atoms with Crippen LogP contribution in [0.3, 0.4) is 0 Å². The summed E-state index contributed by atoms with van der Waals surface area (Å²) in [6, 6.07) is 13.4. The molecule has 1 amide bonds. The molecule has 2 rings (SSSR count). The number of hydrogen-bond acceptors (Lipinski definition) is 2. The Bertz CT molecular complexity index is 608. The Morgan fingerprint density at radius 1 is 1.14 bits per heavy atom. The monoisotopic (exact) mass is 301 g/mol. The van der Waals surface area contributed by atoms with Crippen LogP contribution in [0.25, 0.3) is 0 Å². The van der Waals surface area contributed by atoms with Gasteiger partial charge in [0.15, 0.2) is 6.61 Å². The molecule has 0 saturated heterocycles. The number of rotatable bonds is 6. The quantitative estimate of drug-likeness (QED) is 0.861. The second-order valence-corrected chi connectivity index (χ2v) is 5.22. The van der Waals surface area contributed by atoms with E-state index < -0.39 is 0 Å². The lowest BCUT2D eigenvalue weighted by atomic mass is 9.99. The summed E-state index contributed by atoms with van der Waals surface area (Å²) < 4.78 is 18.2. The van der Waals surface area contributed by atoms with Gasteiger partial charge in [-0.3, -0.25) is 4.79 Å². The van der Waals surface area contributed by atoms with Crippen molar-refractivity contribution >= 4 is 11.6 Å². The fraction of sp³-hybridized carbons (Fsp3) is 0.278. The summed E-state index contributed by atoms with van der Waals surface area (Å²) in [5.74, 6) is 0.547. The van der Waals surface area contributed by atoms with E-state index in [4.69, 9.17) is 4.74 Å². The summed E-state index contributed by atoms with van der Waals surface area (Å²) in [6.45, 7) is 4.24. The maximum atomic E-state index is 12.8. The van der Waals surface area contributed by atoms with Crippen LogP contribution in [0.15, 0.2) is 48.5 Å². The molecule has 0 aliphatic carbocycles. The minimum Gasteiger partial charge on any atom is -0.484 e. The molecule has 116 valence electrons. The van der Waals surface area contributed by atoms with Gasteiger partial charge in [-0.25, -0.2) is 4.39 Å². The van der Waals surface area contributed by atoms with Crippen molar-refractivity contribution in [3.05, 3.63) is 59.9 Å². The van der Waals surface area contributed by atoms with Gasteiger partial charge in [0.05, 0.1) is 0 Å². The van der Waals surface area contributed by atoms with Gasteiger partial charge in [0, 0.05) is 5.69 Å². The summed E-state index contributed by atoms with van der Waals surface area (Å²) in [5, 5.41) is 2.65. The van der Waals surface area contributed by atoms with Crippen LogP contribution in [0.4, 0.5) is 10.1 Å². The minimum atomic E-state index is -0.337. The average molecular weight is 301 g/mol. The Morgan fingerprint density at radius 3 is 2.36 bits per heavy atom. The molecule has 0 saturated carbocycles. The SMILES string of the molecule is CC[C@H](C)c1ccc(OCC(=O)Nc2ccc(F)cc2)cc1. The maximum absolute atomic E-state index is 12.8. The maximum Gasteiger partial charge on any atom is 0.262 e. The van der Waals surface area contributed by atoms with E-state index in [1.807, 2.05) is 24.3 Å². The van der Waals surface area contributed by atoms with Crippen molar-refractivity contribution in [3.63, 3.8) is 0 Å². The molecule has 0 aromatic heterocycles. The predicted molar refractivity (Wildman–Crippen MR) is 85.7 cm³/mol. The summed E-state index contributed by atoms with van der Waals surface area (Å²) >= 11 is 0. The first-order valence-electron chi connectivity index (χ1n) is 7.36. The molecule has 0 aliphatic heterocycles. The fourth-order valence-electron chi connectivity index (χ4n) is 2.01. The fourth-order valence-corrected chi connectivity index (χ4v) is 2.01. The highest BCUT2D eigenvalue weighted by Crippen LogP contribution is 2.21. The molecule has 1 N–H and O–H groups in total. The van der Waals surface area contributed by atoms with Gasteiger partial charge in [0.1, 0.15) is 11.6 Å². The van der Waals surface area contributed by atoms with E-state index in [0.717, 1.165) is 6.42 Å². The van der Waals surface area contributed by atoms with Crippen molar-refractivity contribution in [3.8, 4) is 5.75 Å². The molecule has 0 bridgehead atoms. The molecule has 2 aromatic carbocycles. The van der Waals surface area contributed by atoms with Crippen molar-refractivity contribution < 1.29 is 13.9 Å². The Balaban J connectivity index is 1.84. The molecular weight excluding hydrogens is 281 g/mol. The van der Waals surface area contributed by atoms with Crippen LogP contribution in [0, 0.1) is 5.82 Å². The molecule has 1 atom stereocenters. The van der Waals surface area contributed by atoms with Crippen molar-refractivity contribution in [2.75, 3.05) is 11.9 Å². The number of carbonyl (C=O) groups is 1. The van der Waals surface area contributed by atoms with Crippen molar-refractivity contribution in [1.82, 2.24) is 0 Å². The molecule has 4 heteroatoms. The molecule has 0 radical (unpaired) electrons. The standard InChI is InChI=1S/C18H20FNO2/c1-3-13(2)14-4-10-17(11-5-14)22-12-18(21)20-16-8-6-15(19)7-9-16/h4-11,13H,3,12H2,1-2H3,(H,20,21)/t13-/m0/s1. The van der Waals surface area contributed by atoms with Crippen LogP contribution >= 0.6 is 0 Å². The number of hydrogen-bond donors (Lipinski definition) is 1. The van der Waals surface area contributed by atoms with E-state index in [1.54, 1.807) is 0 Å². The first-order valence-corrected chi connectivity index (χ1v) is 7.36. The van der Waals surface area contributed by atoms with E-state index in [9.17, 15) is 9.18 Å². The Labute approximate surface area is 130 Å². The summed E-state index contributed by atoms with van der Waals surface area (Å²) in [7, 11) is 0. The predicted octanol–water partition coefficient (Wildman–Crippen LogP) is 4.36. The number of nitrogens with one attached hydrogen (secondary N) is 1. The van der Waals surface area contributed by atoms with E-state index in [2.05, 4.69) is 19.2 Å². The van der Waals surface area contributed by atoms with Gasteiger partial charge in [-0.2, -0.15) is 0 Å². The third kappa shape index (κ3) is 4.58. The normalized spacial score (nSPS) is 11.8. The van der Waals surface area contributed by atoms with Gasteiger partial charge in [-0.15, -0.1) is 0 Å². The largest absolute Gasteiger partial charge is 0.484 e. The van der Waals surface area contributed by atoms with Crippen LogP contribution in [0.1, 0.15) is 31.7 Å². The van der Waals surface area contributed by atoms with Gasteiger partial charge >= 0.3 is 0 Å². The highest BCUT2D eigenvalue weighted by Gasteiger charge is 2.06. The molecule has 2 aromatic rings. The first-order chi connectivity index (χ1) is 10.6. The average Bonchev–Trinajstić information content (AvgIpc) is 2.55. The number of benzene rings is 2. The van der Waals surface area contributed by atoms with Gasteiger partial charge in [-0.05, 0) is 54.3 Å². The topological polar surface area (TPSA) is 38.3 Å². The molecule has 0 heterocycles. The van der Waals surface area contributed by atoms with Crippen molar-refractivity contribution in [2.45, 2.75) is 26.2 Å². The van der Waals surface area contributed by atoms with E-state index >= 15 is 0 Å². The summed E-state index contributed by atoms with van der Waals surface area (Å²) in [6.07, 6.45) is 1.08. The Hall–Kier alpha value is -2.36. The van der Waals surface area contributed by atoms with Crippen LogP contribution < -0.4 is 10.1 Å². The number of anilines is 1. The molecular formula is C18H20FNO2. The lowest BCUT2D eigenvalue weighted by molar-refractivity contribution is -0.118. The third-order valence-corrected chi connectivity index (χ3v) is 3.56. The zero-order valence-corrected chi connectivity index (χ0v) is 12.8. The lowest BCUT2D eigenvalue weighted by Gasteiger charge is -2.11. The second kappa shape index (κ2) is 7.59. The molecule has 22 heavy (non-hydrogen) atoms. The summed E-state index contributed by atoms with van der Waals surface area (Å²) in [5.41, 5.74) is 1.80. The Morgan fingerprint density at radius 2 is 1.77 bits per heavy atom. The van der Waals surface area contributed by atoms with Crippen LogP contribution in [0.5, 0.6) is 5.75 Å². The number of amides is 1.